The van der Waals surface area contributed by atoms with Crippen molar-refractivity contribution in [1.29, 1.82) is 0 Å². The zero-order valence-corrected chi connectivity index (χ0v) is 11.1. The van der Waals surface area contributed by atoms with Crippen LogP contribution in [-0.4, -0.2) is 22.4 Å². The molecular weight excluding hydrogens is 238 g/mol. The van der Waals surface area contributed by atoms with E-state index in [-0.39, 0.29) is 17.2 Å². The minimum atomic E-state index is -0.450. The third kappa shape index (κ3) is 3.13. The number of carbonyl (C=O) groups is 1. The summed E-state index contributed by atoms with van der Waals surface area (Å²) in [6.45, 7) is 5.59. The lowest BCUT2D eigenvalue weighted by molar-refractivity contribution is 0.0909. The average Bonchev–Trinajstić information content (AvgIpc) is 2.32. The lowest BCUT2D eigenvalue weighted by Gasteiger charge is -2.27. The number of rotatable bonds is 4. The second-order valence-corrected chi connectivity index (χ2v) is 4.74. The largest absolute Gasteiger partial charge is 0.507 e. The van der Waals surface area contributed by atoms with Gasteiger partial charge in [0.1, 0.15) is 5.75 Å². The lowest BCUT2D eigenvalue weighted by Crippen LogP contribution is -2.47. The van der Waals surface area contributed by atoms with Gasteiger partial charge in [-0.1, -0.05) is 19.1 Å². The van der Waals surface area contributed by atoms with Gasteiger partial charge in [-0.15, -0.1) is 11.6 Å². The number of carbonyl (C=O) groups excluding carboxylic acids is 1. The molecule has 1 aromatic rings. The van der Waals surface area contributed by atoms with E-state index in [1.54, 1.807) is 25.1 Å². The first-order valence-electron chi connectivity index (χ1n) is 5.60. The Morgan fingerprint density at radius 1 is 1.53 bits per heavy atom. The van der Waals surface area contributed by atoms with E-state index in [0.717, 1.165) is 6.42 Å². The fourth-order valence-electron chi connectivity index (χ4n) is 1.40. The Morgan fingerprint density at radius 3 is 2.71 bits per heavy atom. The number of aromatic hydroxyl groups is 1. The number of halogens is 1. The van der Waals surface area contributed by atoms with Crippen LogP contribution in [0.1, 0.15) is 36.2 Å². The second kappa shape index (κ2) is 5.41. The van der Waals surface area contributed by atoms with E-state index in [1.807, 2.05) is 13.8 Å². The summed E-state index contributed by atoms with van der Waals surface area (Å²) in [4.78, 5) is 12.0. The molecule has 94 valence electrons. The van der Waals surface area contributed by atoms with Crippen molar-refractivity contribution in [3.63, 3.8) is 0 Å². The summed E-state index contributed by atoms with van der Waals surface area (Å²) in [6, 6.07) is 5.10. The quantitative estimate of drug-likeness (QED) is 0.813. The Balaban J connectivity index is 2.94. The summed E-state index contributed by atoms with van der Waals surface area (Å²) in [6.07, 6.45) is 0.731. The third-order valence-electron chi connectivity index (χ3n) is 2.97. The number of hydrogen-bond acceptors (Lipinski definition) is 2. The first-order valence-corrected chi connectivity index (χ1v) is 6.14. The maximum absolute atomic E-state index is 12.0. The standard InChI is InChI=1S/C13H18ClNO2/c1-4-13(3,8-14)15-12(17)10-7-5-6-9(2)11(10)16/h5-7,16H,4,8H2,1-3H3,(H,15,17). The lowest BCUT2D eigenvalue weighted by atomic mass is 10.0. The van der Waals surface area contributed by atoms with E-state index >= 15 is 0 Å². The number of alkyl halides is 1. The van der Waals surface area contributed by atoms with Gasteiger partial charge in [0.25, 0.3) is 5.91 Å². The molecule has 0 aliphatic heterocycles. The van der Waals surface area contributed by atoms with Crippen LogP contribution in [0.5, 0.6) is 5.75 Å². The molecule has 0 aliphatic carbocycles. The van der Waals surface area contributed by atoms with Gasteiger partial charge >= 0.3 is 0 Å². The smallest absolute Gasteiger partial charge is 0.255 e. The number of phenolic OH excluding ortho intramolecular Hbond substituents is 1. The zero-order valence-electron chi connectivity index (χ0n) is 10.4. The number of aryl methyl sites for hydroxylation is 1. The average molecular weight is 256 g/mol. The van der Waals surface area contributed by atoms with Crippen LogP contribution in [0.3, 0.4) is 0 Å². The number of benzene rings is 1. The molecule has 1 unspecified atom stereocenters. The van der Waals surface area contributed by atoms with Crippen LogP contribution in [0.25, 0.3) is 0 Å². The minimum Gasteiger partial charge on any atom is -0.507 e. The molecule has 0 aliphatic rings. The van der Waals surface area contributed by atoms with Gasteiger partial charge in [0.2, 0.25) is 0 Å². The fraction of sp³-hybridized carbons (Fsp3) is 0.462. The van der Waals surface area contributed by atoms with Gasteiger partial charge < -0.3 is 10.4 Å². The van der Waals surface area contributed by atoms with E-state index in [1.165, 1.54) is 0 Å². The van der Waals surface area contributed by atoms with Gasteiger partial charge in [0.05, 0.1) is 11.1 Å². The number of hydrogen-bond donors (Lipinski definition) is 2. The van der Waals surface area contributed by atoms with Crippen LogP contribution in [0.4, 0.5) is 0 Å². The Bertz CT molecular complexity index is 414. The molecule has 0 saturated carbocycles. The first kappa shape index (κ1) is 13.8. The molecule has 17 heavy (non-hydrogen) atoms. The summed E-state index contributed by atoms with van der Waals surface area (Å²) in [5.41, 5.74) is 0.519. The van der Waals surface area contributed by atoms with Crippen LogP contribution in [0, 0.1) is 6.92 Å². The fourth-order valence-corrected chi connectivity index (χ4v) is 1.66. The SMILES string of the molecule is CCC(C)(CCl)NC(=O)c1cccc(C)c1O. The maximum atomic E-state index is 12.0. The van der Waals surface area contributed by atoms with Crippen molar-refractivity contribution in [2.75, 3.05) is 5.88 Å². The van der Waals surface area contributed by atoms with Crippen molar-refractivity contribution in [1.82, 2.24) is 5.32 Å². The van der Waals surface area contributed by atoms with E-state index < -0.39 is 5.54 Å². The molecule has 1 amide bonds. The van der Waals surface area contributed by atoms with Crippen molar-refractivity contribution in [3.8, 4) is 5.75 Å². The topological polar surface area (TPSA) is 49.3 Å². The molecule has 0 fully saturated rings. The van der Waals surface area contributed by atoms with Crippen molar-refractivity contribution < 1.29 is 9.90 Å². The number of amides is 1. The molecule has 1 aromatic carbocycles. The number of nitrogens with one attached hydrogen (secondary N) is 1. The summed E-state index contributed by atoms with van der Waals surface area (Å²) in [5.74, 6) is 0.0659. The molecule has 0 radical (unpaired) electrons. The summed E-state index contributed by atoms with van der Waals surface area (Å²) in [5, 5.41) is 12.7. The Labute approximate surface area is 107 Å². The van der Waals surface area contributed by atoms with Crippen LogP contribution in [0.2, 0.25) is 0 Å². The monoisotopic (exact) mass is 255 g/mol. The summed E-state index contributed by atoms with van der Waals surface area (Å²) < 4.78 is 0. The predicted molar refractivity (Wildman–Crippen MR) is 69.7 cm³/mol. The molecule has 3 nitrogen and oxygen atoms in total. The van der Waals surface area contributed by atoms with Gasteiger partial charge in [0.15, 0.2) is 0 Å². The second-order valence-electron chi connectivity index (χ2n) is 4.47. The van der Waals surface area contributed by atoms with Gasteiger partial charge in [-0.05, 0) is 31.9 Å². The highest BCUT2D eigenvalue weighted by Gasteiger charge is 2.25. The highest BCUT2D eigenvalue weighted by atomic mass is 35.5. The van der Waals surface area contributed by atoms with E-state index in [4.69, 9.17) is 11.6 Å². The normalized spacial score (nSPS) is 14.1. The number of phenols is 1. The molecule has 0 bridgehead atoms. The summed E-state index contributed by atoms with van der Waals surface area (Å²) in [7, 11) is 0. The van der Waals surface area contributed by atoms with Crippen molar-refractivity contribution in [2.24, 2.45) is 0 Å². The van der Waals surface area contributed by atoms with Gasteiger partial charge in [-0.2, -0.15) is 0 Å². The molecule has 0 spiro atoms. The van der Waals surface area contributed by atoms with E-state index in [9.17, 15) is 9.90 Å². The van der Waals surface area contributed by atoms with E-state index in [0.29, 0.717) is 11.4 Å². The van der Waals surface area contributed by atoms with Crippen molar-refractivity contribution in [3.05, 3.63) is 29.3 Å². The van der Waals surface area contributed by atoms with Gasteiger partial charge in [-0.25, -0.2) is 0 Å². The Hall–Kier alpha value is -1.22. The first-order chi connectivity index (χ1) is 7.93. The predicted octanol–water partition coefficient (Wildman–Crippen LogP) is 2.84. The highest BCUT2D eigenvalue weighted by molar-refractivity contribution is 6.18. The minimum absolute atomic E-state index is 0.0259. The zero-order chi connectivity index (χ0) is 13.1. The van der Waals surface area contributed by atoms with Gasteiger partial charge in [-0.3, -0.25) is 4.79 Å². The third-order valence-corrected chi connectivity index (χ3v) is 3.56. The van der Waals surface area contributed by atoms with Crippen molar-refractivity contribution >= 4 is 17.5 Å². The molecule has 1 atom stereocenters. The molecule has 0 heterocycles. The van der Waals surface area contributed by atoms with Crippen LogP contribution in [-0.2, 0) is 0 Å². The Kier molecular flexibility index (Phi) is 4.40. The molecule has 1 rings (SSSR count). The molecule has 0 aromatic heterocycles. The van der Waals surface area contributed by atoms with Crippen LogP contribution < -0.4 is 5.32 Å². The van der Waals surface area contributed by atoms with Crippen LogP contribution in [0.15, 0.2) is 18.2 Å². The molecular formula is C13H18ClNO2. The maximum Gasteiger partial charge on any atom is 0.255 e. The highest BCUT2D eigenvalue weighted by Crippen LogP contribution is 2.22. The molecule has 0 saturated heterocycles. The molecule has 4 heteroatoms. The van der Waals surface area contributed by atoms with Crippen LogP contribution >= 0.6 is 11.6 Å². The van der Waals surface area contributed by atoms with E-state index in [2.05, 4.69) is 5.32 Å². The Morgan fingerprint density at radius 2 is 2.18 bits per heavy atom. The van der Waals surface area contributed by atoms with Gasteiger partial charge in [0, 0.05) is 5.88 Å². The number of para-hydroxylation sites is 1. The summed E-state index contributed by atoms with van der Waals surface area (Å²) >= 11 is 5.83. The van der Waals surface area contributed by atoms with Crippen molar-refractivity contribution in [2.45, 2.75) is 32.7 Å². The molecule has 2 N–H and O–H groups in total.